The average molecular weight is 683 g/mol. The van der Waals surface area contributed by atoms with Crippen LogP contribution in [0.3, 0.4) is 0 Å². The van der Waals surface area contributed by atoms with Crippen LogP contribution in [0, 0.1) is 10.1 Å². The summed E-state index contributed by atoms with van der Waals surface area (Å²) in [5.41, 5.74) is 12.7. The number of non-ortho nitro benzene ring substituents is 1. The molecule has 0 spiro atoms. The molecule has 53 heavy (non-hydrogen) atoms. The summed E-state index contributed by atoms with van der Waals surface area (Å²) in [5, 5.41) is 16.0. The molecular weight excluding hydrogens is 653 g/mol. The standard InChI is InChI=1S/C47H30N4O2/c52-51(53)37-25-19-32(20-26-37)43-14-8-13-42(48-43)31-17-23-36(24-18-31)50-44-15-6-4-11-38(44)40-27-21-34(30-47(40)50)33-22-28-46-41(29-33)39-12-5-7-16-45(39)49(46)35-9-2-1-3-10-35/h1-30H. The van der Waals surface area contributed by atoms with Crippen LogP contribution in [0.2, 0.25) is 0 Å². The predicted molar refractivity (Wildman–Crippen MR) is 216 cm³/mol. The molecule has 10 aromatic rings. The Morgan fingerprint density at radius 3 is 1.57 bits per heavy atom. The van der Waals surface area contributed by atoms with Gasteiger partial charge in [-0.3, -0.25) is 10.1 Å². The molecule has 0 aliphatic rings. The van der Waals surface area contributed by atoms with Crippen LogP contribution >= 0.6 is 0 Å². The third-order valence-electron chi connectivity index (χ3n) is 10.2. The third-order valence-corrected chi connectivity index (χ3v) is 10.2. The fourth-order valence-corrected chi connectivity index (χ4v) is 7.73. The zero-order chi connectivity index (χ0) is 35.5. The van der Waals surface area contributed by atoms with Gasteiger partial charge in [-0.1, -0.05) is 91.0 Å². The molecule has 0 N–H and O–H groups in total. The van der Waals surface area contributed by atoms with Crippen molar-refractivity contribution in [3.05, 3.63) is 192 Å². The van der Waals surface area contributed by atoms with Crippen LogP contribution in [-0.4, -0.2) is 19.0 Å². The second-order valence-corrected chi connectivity index (χ2v) is 13.3. The number of hydrogen-bond acceptors (Lipinski definition) is 3. The Hall–Kier alpha value is -7.31. The van der Waals surface area contributed by atoms with E-state index in [1.807, 2.05) is 18.2 Å². The first-order chi connectivity index (χ1) is 26.1. The van der Waals surface area contributed by atoms with Crippen LogP contribution in [0.4, 0.5) is 5.69 Å². The van der Waals surface area contributed by atoms with E-state index in [9.17, 15) is 10.1 Å². The number of nitro groups is 1. The number of benzene rings is 7. The molecule has 0 atom stereocenters. The van der Waals surface area contributed by atoms with Crippen LogP contribution in [0.25, 0.3) is 88.6 Å². The van der Waals surface area contributed by atoms with Gasteiger partial charge < -0.3 is 9.13 Å². The van der Waals surface area contributed by atoms with Crippen LogP contribution in [0.5, 0.6) is 0 Å². The molecule has 0 amide bonds. The summed E-state index contributed by atoms with van der Waals surface area (Å²) in [4.78, 5) is 15.7. The summed E-state index contributed by atoms with van der Waals surface area (Å²) >= 11 is 0. The van der Waals surface area contributed by atoms with Crippen molar-refractivity contribution in [3.8, 4) is 45.0 Å². The van der Waals surface area contributed by atoms with Crippen LogP contribution < -0.4 is 0 Å². The predicted octanol–water partition coefficient (Wildman–Crippen LogP) is 12.2. The lowest BCUT2D eigenvalue weighted by Gasteiger charge is -2.11. The second kappa shape index (κ2) is 12.2. The molecule has 10 rings (SSSR count). The maximum atomic E-state index is 11.1. The van der Waals surface area contributed by atoms with Gasteiger partial charge in [0.25, 0.3) is 5.69 Å². The van der Waals surface area contributed by atoms with E-state index >= 15 is 0 Å². The number of aromatic nitrogens is 3. The van der Waals surface area contributed by atoms with Crippen molar-refractivity contribution in [1.29, 1.82) is 0 Å². The largest absolute Gasteiger partial charge is 0.309 e. The highest BCUT2D eigenvalue weighted by Crippen LogP contribution is 2.38. The van der Waals surface area contributed by atoms with Gasteiger partial charge in [-0.15, -0.1) is 0 Å². The van der Waals surface area contributed by atoms with Crippen molar-refractivity contribution in [1.82, 2.24) is 14.1 Å². The fraction of sp³-hybridized carbons (Fsp3) is 0. The Morgan fingerprint density at radius 1 is 0.396 bits per heavy atom. The molecule has 0 bridgehead atoms. The van der Waals surface area contributed by atoms with Gasteiger partial charge in [-0.2, -0.15) is 0 Å². The number of hydrogen-bond donors (Lipinski definition) is 0. The van der Waals surface area contributed by atoms with E-state index in [0.29, 0.717) is 0 Å². The average Bonchev–Trinajstić information content (AvgIpc) is 3.73. The summed E-state index contributed by atoms with van der Waals surface area (Å²) in [5.74, 6) is 0. The second-order valence-electron chi connectivity index (χ2n) is 13.3. The third kappa shape index (κ3) is 5.07. The molecule has 3 aromatic heterocycles. The van der Waals surface area contributed by atoms with Crippen molar-refractivity contribution in [2.45, 2.75) is 0 Å². The lowest BCUT2D eigenvalue weighted by atomic mass is 10.0. The van der Waals surface area contributed by atoms with Gasteiger partial charge in [0.2, 0.25) is 0 Å². The highest BCUT2D eigenvalue weighted by Gasteiger charge is 2.16. The van der Waals surface area contributed by atoms with Crippen molar-refractivity contribution in [3.63, 3.8) is 0 Å². The van der Waals surface area contributed by atoms with Crippen molar-refractivity contribution in [2.24, 2.45) is 0 Å². The quantitative estimate of drug-likeness (QED) is 0.129. The first kappa shape index (κ1) is 30.5. The molecular formula is C47H30N4O2. The zero-order valence-corrected chi connectivity index (χ0v) is 28.4. The summed E-state index contributed by atoms with van der Waals surface area (Å²) in [7, 11) is 0. The number of rotatable bonds is 6. The minimum absolute atomic E-state index is 0.0610. The smallest absolute Gasteiger partial charge is 0.269 e. The first-order valence-corrected chi connectivity index (χ1v) is 17.6. The molecule has 0 aliphatic carbocycles. The topological polar surface area (TPSA) is 65.9 Å². The molecule has 250 valence electrons. The van der Waals surface area contributed by atoms with Gasteiger partial charge in [-0.25, -0.2) is 4.98 Å². The van der Waals surface area contributed by atoms with E-state index in [0.717, 1.165) is 50.5 Å². The molecule has 0 radical (unpaired) electrons. The first-order valence-electron chi connectivity index (χ1n) is 17.6. The SMILES string of the molecule is O=[N+]([O-])c1ccc(-c2cccc(-c3ccc(-n4c5ccccc5c5ccc(-c6ccc7c(c6)c6ccccc6n7-c6ccccc6)cc54)cc3)n2)cc1. The molecule has 3 heterocycles. The van der Waals surface area contributed by atoms with Gasteiger partial charge >= 0.3 is 0 Å². The summed E-state index contributed by atoms with van der Waals surface area (Å²) in [6, 6.07) is 62.3. The van der Waals surface area contributed by atoms with E-state index < -0.39 is 0 Å². The van der Waals surface area contributed by atoms with Gasteiger partial charge in [-0.05, 0) is 90.0 Å². The Morgan fingerprint density at radius 2 is 0.887 bits per heavy atom. The Bertz CT molecular complexity index is 3010. The van der Waals surface area contributed by atoms with E-state index in [-0.39, 0.29) is 10.6 Å². The Balaban J connectivity index is 1.06. The molecule has 6 nitrogen and oxygen atoms in total. The lowest BCUT2D eigenvalue weighted by molar-refractivity contribution is -0.384. The maximum Gasteiger partial charge on any atom is 0.269 e. The van der Waals surface area contributed by atoms with Crippen LogP contribution in [0.1, 0.15) is 0 Å². The van der Waals surface area contributed by atoms with E-state index in [1.165, 1.54) is 50.3 Å². The summed E-state index contributed by atoms with van der Waals surface area (Å²) in [6.45, 7) is 0. The molecule has 0 unspecified atom stereocenters. The van der Waals surface area contributed by atoms with Crippen LogP contribution in [0.15, 0.2) is 182 Å². The summed E-state index contributed by atoms with van der Waals surface area (Å²) in [6.07, 6.45) is 0. The van der Waals surface area contributed by atoms with E-state index in [4.69, 9.17) is 4.98 Å². The number of para-hydroxylation sites is 3. The van der Waals surface area contributed by atoms with Gasteiger partial charge in [0, 0.05) is 56.2 Å². The van der Waals surface area contributed by atoms with Crippen molar-refractivity contribution in [2.75, 3.05) is 0 Å². The molecule has 0 fully saturated rings. The maximum absolute atomic E-state index is 11.1. The zero-order valence-electron chi connectivity index (χ0n) is 28.4. The number of fused-ring (bicyclic) bond motifs is 6. The van der Waals surface area contributed by atoms with E-state index in [2.05, 4.69) is 149 Å². The fourth-order valence-electron chi connectivity index (χ4n) is 7.73. The number of nitro benzene ring substituents is 1. The monoisotopic (exact) mass is 682 g/mol. The number of pyridine rings is 1. The highest BCUT2D eigenvalue weighted by atomic mass is 16.6. The molecule has 0 saturated heterocycles. The Kier molecular flexibility index (Phi) is 7.01. The van der Waals surface area contributed by atoms with Crippen molar-refractivity contribution < 1.29 is 4.92 Å². The minimum atomic E-state index is -0.390. The molecule has 0 aliphatic heterocycles. The van der Waals surface area contributed by atoms with E-state index in [1.54, 1.807) is 12.1 Å². The normalized spacial score (nSPS) is 11.5. The Labute approximate surface area is 304 Å². The van der Waals surface area contributed by atoms with Gasteiger partial charge in [0.15, 0.2) is 0 Å². The minimum Gasteiger partial charge on any atom is -0.309 e. The van der Waals surface area contributed by atoms with Gasteiger partial charge in [0.05, 0.1) is 38.4 Å². The molecule has 6 heteroatoms. The van der Waals surface area contributed by atoms with Crippen LogP contribution in [-0.2, 0) is 0 Å². The molecule has 7 aromatic carbocycles. The van der Waals surface area contributed by atoms with Gasteiger partial charge in [0.1, 0.15) is 0 Å². The highest BCUT2D eigenvalue weighted by molar-refractivity contribution is 6.12. The molecule has 0 saturated carbocycles. The summed E-state index contributed by atoms with van der Waals surface area (Å²) < 4.78 is 4.69. The number of nitrogens with zero attached hydrogens (tertiary/aromatic N) is 4. The van der Waals surface area contributed by atoms with Crippen molar-refractivity contribution >= 4 is 49.3 Å². The lowest BCUT2D eigenvalue weighted by Crippen LogP contribution is -1.95.